The van der Waals surface area contributed by atoms with E-state index >= 15 is 0 Å². The fourth-order valence-electron chi connectivity index (χ4n) is 3.11. The van der Waals surface area contributed by atoms with E-state index in [1.54, 1.807) is 20.3 Å². The van der Waals surface area contributed by atoms with E-state index in [4.69, 9.17) is 9.47 Å². The molecule has 0 fully saturated rings. The van der Waals surface area contributed by atoms with Crippen molar-refractivity contribution < 1.29 is 19.1 Å². The highest BCUT2D eigenvalue weighted by atomic mass is 16.5. The SMILES string of the molecule is CCCc1c(C(=O)NCc2ccc(OC)c(OC)c2)[nH]c(C)c1C(C)=O. The molecule has 0 saturated carbocycles. The maximum absolute atomic E-state index is 12.7. The minimum Gasteiger partial charge on any atom is -0.493 e. The number of aryl methyl sites for hydroxylation is 1. The summed E-state index contributed by atoms with van der Waals surface area (Å²) in [7, 11) is 3.15. The highest BCUT2D eigenvalue weighted by Crippen LogP contribution is 2.27. The van der Waals surface area contributed by atoms with Gasteiger partial charge in [-0.25, -0.2) is 0 Å². The standard InChI is InChI=1S/C20H26N2O4/c1-6-7-15-18(13(3)23)12(2)22-19(15)20(24)21-11-14-8-9-16(25-4)17(10-14)26-5/h8-10,22H,6-7,11H2,1-5H3,(H,21,24). The van der Waals surface area contributed by atoms with Gasteiger partial charge in [0.15, 0.2) is 17.3 Å². The number of benzene rings is 1. The van der Waals surface area contributed by atoms with E-state index in [0.717, 1.165) is 23.2 Å². The molecule has 0 bridgehead atoms. The Kier molecular flexibility index (Phi) is 6.44. The molecule has 1 aromatic heterocycles. The predicted molar refractivity (Wildman–Crippen MR) is 100 cm³/mol. The number of carbonyl (C=O) groups excluding carboxylic acids is 2. The maximum atomic E-state index is 12.7. The van der Waals surface area contributed by atoms with Gasteiger partial charge in [0.1, 0.15) is 5.69 Å². The Balaban J connectivity index is 2.20. The second kappa shape index (κ2) is 8.56. The number of rotatable bonds is 8. The van der Waals surface area contributed by atoms with Gasteiger partial charge in [0, 0.05) is 17.8 Å². The molecule has 0 atom stereocenters. The first-order valence-electron chi connectivity index (χ1n) is 8.64. The molecule has 2 aromatic rings. The van der Waals surface area contributed by atoms with Crippen LogP contribution in [0.4, 0.5) is 0 Å². The van der Waals surface area contributed by atoms with Crippen LogP contribution in [0.3, 0.4) is 0 Å². The summed E-state index contributed by atoms with van der Waals surface area (Å²) < 4.78 is 10.5. The Morgan fingerprint density at radius 3 is 2.42 bits per heavy atom. The number of ketones is 1. The largest absolute Gasteiger partial charge is 0.493 e. The van der Waals surface area contributed by atoms with Gasteiger partial charge in [0.2, 0.25) is 0 Å². The van der Waals surface area contributed by atoms with E-state index in [1.807, 2.05) is 26.0 Å². The monoisotopic (exact) mass is 358 g/mol. The number of hydrogen-bond donors (Lipinski definition) is 2. The number of aromatic amines is 1. The minimum atomic E-state index is -0.223. The van der Waals surface area contributed by atoms with Gasteiger partial charge in [0.05, 0.1) is 14.2 Å². The molecule has 2 rings (SSSR count). The van der Waals surface area contributed by atoms with Crippen molar-refractivity contribution in [2.75, 3.05) is 14.2 Å². The second-order valence-corrected chi connectivity index (χ2v) is 6.16. The first-order valence-corrected chi connectivity index (χ1v) is 8.64. The highest BCUT2D eigenvalue weighted by molar-refractivity contribution is 6.02. The van der Waals surface area contributed by atoms with Gasteiger partial charge in [-0.3, -0.25) is 9.59 Å². The van der Waals surface area contributed by atoms with E-state index < -0.39 is 0 Å². The third-order valence-corrected chi connectivity index (χ3v) is 4.27. The number of methoxy groups -OCH3 is 2. The first-order chi connectivity index (χ1) is 12.4. The van der Waals surface area contributed by atoms with Crippen LogP contribution in [0.15, 0.2) is 18.2 Å². The van der Waals surface area contributed by atoms with Crippen LogP contribution in [0.5, 0.6) is 11.5 Å². The molecule has 1 amide bonds. The number of hydrogen-bond acceptors (Lipinski definition) is 4. The smallest absolute Gasteiger partial charge is 0.268 e. The number of Topliss-reactive ketones (excluding diaryl/α,β-unsaturated/α-hetero) is 1. The summed E-state index contributed by atoms with van der Waals surface area (Å²) in [6.45, 7) is 5.72. The molecule has 1 heterocycles. The minimum absolute atomic E-state index is 0.0267. The fraction of sp³-hybridized carbons (Fsp3) is 0.400. The third kappa shape index (κ3) is 4.07. The summed E-state index contributed by atoms with van der Waals surface area (Å²) in [6, 6.07) is 5.50. The summed E-state index contributed by atoms with van der Waals surface area (Å²) in [5, 5.41) is 2.90. The molecule has 0 saturated heterocycles. The lowest BCUT2D eigenvalue weighted by Gasteiger charge is -2.11. The quantitative estimate of drug-likeness (QED) is 0.709. The summed E-state index contributed by atoms with van der Waals surface area (Å²) >= 11 is 0. The van der Waals surface area contributed by atoms with Crippen LogP contribution >= 0.6 is 0 Å². The molecule has 0 radical (unpaired) electrons. The molecule has 0 spiro atoms. The molecule has 0 aliphatic rings. The molecular weight excluding hydrogens is 332 g/mol. The van der Waals surface area contributed by atoms with Gasteiger partial charge in [-0.05, 0) is 43.5 Å². The molecule has 26 heavy (non-hydrogen) atoms. The van der Waals surface area contributed by atoms with Crippen molar-refractivity contribution in [1.29, 1.82) is 0 Å². The molecule has 0 aliphatic heterocycles. The molecule has 2 N–H and O–H groups in total. The average Bonchev–Trinajstić information content (AvgIpc) is 2.96. The van der Waals surface area contributed by atoms with Crippen LogP contribution in [0.25, 0.3) is 0 Å². The van der Waals surface area contributed by atoms with E-state index in [9.17, 15) is 9.59 Å². The lowest BCUT2D eigenvalue weighted by molar-refractivity contribution is 0.0945. The summed E-state index contributed by atoms with van der Waals surface area (Å²) in [6.07, 6.45) is 1.53. The Hall–Kier alpha value is -2.76. The van der Waals surface area contributed by atoms with Crippen molar-refractivity contribution in [3.05, 3.63) is 46.3 Å². The lowest BCUT2D eigenvalue weighted by atomic mass is 10.0. The lowest BCUT2D eigenvalue weighted by Crippen LogP contribution is -2.24. The summed E-state index contributed by atoms with van der Waals surface area (Å²) in [4.78, 5) is 27.7. The van der Waals surface area contributed by atoms with Crippen molar-refractivity contribution in [2.45, 2.75) is 40.2 Å². The fourth-order valence-corrected chi connectivity index (χ4v) is 3.11. The van der Waals surface area contributed by atoms with Gasteiger partial charge >= 0.3 is 0 Å². The van der Waals surface area contributed by atoms with E-state index in [-0.39, 0.29) is 11.7 Å². The number of aromatic nitrogens is 1. The van der Waals surface area contributed by atoms with Gasteiger partial charge in [0.25, 0.3) is 5.91 Å². The molecule has 140 valence electrons. The van der Waals surface area contributed by atoms with E-state index in [0.29, 0.717) is 35.7 Å². The molecule has 1 aromatic carbocycles. The number of H-pyrrole nitrogens is 1. The highest BCUT2D eigenvalue weighted by Gasteiger charge is 2.22. The zero-order chi connectivity index (χ0) is 19.3. The predicted octanol–water partition coefficient (Wildman–Crippen LogP) is 3.43. The zero-order valence-corrected chi connectivity index (χ0v) is 16.0. The maximum Gasteiger partial charge on any atom is 0.268 e. The van der Waals surface area contributed by atoms with Gasteiger partial charge in [-0.2, -0.15) is 0 Å². The Morgan fingerprint density at radius 2 is 1.85 bits per heavy atom. The molecule has 6 heteroatoms. The van der Waals surface area contributed by atoms with Gasteiger partial charge in [-0.1, -0.05) is 19.4 Å². The summed E-state index contributed by atoms with van der Waals surface area (Å²) in [5.41, 5.74) is 3.51. The number of ether oxygens (including phenoxy) is 2. The number of nitrogens with one attached hydrogen (secondary N) is 2. The second-order valence-electron chi connectivity index (χ2n) is 6.16. The number of amides is 1. The van der Waals surface area contributed by atoms with Gasteiger partial charge in [-0.15, -0.1) is 0 Å². The van der Waals surface area contributed by atoms with Crippen LogP contribution in [0.1, 0.15) is 57.9 Å². The van der Waals surface area contributed by atoms with Crippen molar-refractivity contribution in [2.24, 2.45) is 0 Å². The molecular formula is C20H26N2O4. The van der Waals surface area contributed by atoms with Crippen molar-refractivity contribution in [1.82, 2.24) is 10.3 Å². The molecule has 0 aliphatic carbocycles. The molecule has 0 unspecified atom stereocenters. The van der Waals surface area contributed by atoms with Crippen molar-refractivity contribution in [3.63, 3.8) is 0 Å². The van der Waals surface area contributed by atoms with E-state index in [1.165, 1.54) is 6.92 Å². The van der Waals surface area contributed by atoms with E-state index in [2.05, 4.69) is 10.3 Å². The number of carbonyl (C=O) groups is 2. The third-order valence-electron chi connectivity index (χ3n) is 4.27. The Bertz CT molecular complexity index is 808. The van der Waals surface area contributed by atoms with Crippen LogP contribution in [-0.2, 0) is 13.0 Å². The van der Waals surface area contributed by atoms with Crippen LogP contribution < -0.4 is 14.8 Å². The van der Waals surface area contributed by atoms with Crippen LogP contribution in [0.2, 0.25) is 0 Å². The Morgan fingerprint density at radius 1 is 1.15 bits per heavy atom. The topological polar surface area (TPSA) is 80.4 Å². The van der Waals surface area contributed by atoms with Gasteiger partial charge < -0.3 is 19.8 Å². The Labute approximate surface area is 153 Å². The summed E-state index contributed by atoms with van der Waals surface area (Å²) in [5.74, 6) is 0.999. The van der Waals surface area contributed by atoms with Crippen LogP contribution in [-0.4, -0.2) is 30.9 Å². The average molecular weight is 358 g/mol. The van der Waals surface area contributed by atoms with Crippen LogP contribution in [0, 0.1) is 6.92 Å². The zero-order valence-electron chi connectivity index (χ0n) is 16.0. The molecule has 6 nitrogen and oxygen atoms in total. The normalized spacial score (nSPS) is 10.5. The van der Waals surface area contributed by atoms with Crippen molar-refractivity contribution in [3.8, 4) is 11.5 Å². The first kappa shape index (κ1) is 19.6. The van der Waals surface area contributed by atoms with Crippen molar-refractivity contribution >= 4 is 11.7 Å².